The van der Waals surface area contributed by atoms with Crippen molar-refractivity contribution in [2.75, 3.05) is 30.0 Å². The highest BCUT2D eigenvalue weighted by atomic mass is 16.5. The molecule has 0 aliphatic carbocycles. The number of benzene rings is 2. The molecule has 4 aromatic rings. The lowest BCUT2D eigenvalue weighted by Crippen LogP contribution is -2.25. The second kappa shape index (κ2) is 10.7. The molecule has 8 heteroatoms. The van der Waals surface area contributed by atoms with Gasteiger partial charge in [-0.3, -0.25) is 9.59 Å². The zero-order valence-corrected chi connectivity index (χ0v) is 21.3. The number of carboxylic acid groups (broad SMARTS) is 1. The zero-order valence-electron chi connectivity index (χ0n) is 21.3. The molecule has 0 radical (unpaired) electrons. The molecule has 0 saturated carbocycles. The minimum atomic E-state index is -0.842. The highest BCUT2D eigenvalue weighted by Crippen LogP contribution is 2.37. The largest absolute Gasteiger partial charge is 0.493 e. The third kappa shape index (κ3) is 5.06. The molecule has 0 fully saturated rings. The quantitative estimate of drug-likeness (QED) is 0.352. The highest BCUT2D eigenvalue weighted by molar-refractivity contribution is 6.12. The summed E-state index contributed by atoms with van der Waals surface area (Å²) in [7, 11) is 1.76. The van der Waals surface area contributed by atoms with Crippen LogP contribution in [0.15, 0.2) is 79.1 Å². The molecule has 0 atom stereocenters. The summed E-state index contributed by atoms with van der Waals surface area (Å²) in [4.78, 5) is 36.9. The van der Waals surface area contributed by atoms with E-state index >= 15 is 0 Å². The van der Waals surface area contributed by atoms with Crippen LogP contribution in [0.4, 0.5) is 17.3 Å². The first-order valence-electron chi connectivity index (χ1n) is 12.5. The van der Waals surface area contributed by atoms with Gasteiger partial charge in [0.25, 0.3) is 5.91 Å². The fourth-order valence-electron chi connectivity index (χ4n) is 4.58. The van der Waals surface area contributed by atoms with E-state index in [1.54, 1.807) is 24.3 Å². The van der Waals surface area contributed by atoms with Gasteiger partial charge in [0.1, 0.15) is 11.6 Å². The van der Waals surface area contributed by atoms with Gasteiger partial charge in [0, 0.05) is 32.4 Å². The molecule has 0 unspecified atom stereocenters. The predicted molar refractivity (Wildman–Crippen MR) is 146 cm³/mol. The average molecular weight is 509 g/mol. The number of carbonyl (C=O) groups excluding carboxylic acids is 1. The van der Waals surface area contributed by atoms with Crippen molar-refractivity contribution in [2.45, 2.75) is 19.8 Å². The summed E-state index contributed by atoms with van der Waals surface area (Å²) >= 11 is 0. The Morgan fingerprint density at radius 2 is 1.66 bits per heavy atom. The molecule has 3 heterocycles. The molecule has 1 amide bonds. The minimum Gasteiger partial charge on any atom is -0.493 e. The lowest BCUT2D eigenvalue weighted by atomic mass is 10.0. The molecule has 0 saturated heterocycles. The van der Waals surface area contributed by atoms with E-state index in [9.17, 15) is 9.59 Å². The van der Waals surface area contributed by atoms with Crippen molar-refractivity contribution in [3.05, 3.63) is 95.8 Å². The lowest BCUT2D eigenvalue weighted by molar-refractivity contribution is -0.136. The SMILES string of the molecule is CCN1c2ncc(CCOc3ccc(-c4ccc(CC(=O)O)cc4)cc3)cc2C(=O)N(C)c2cccnc21. The predicted octanol–water partition coefficient (Wildman–Crippen LogP) is 5.14. The molecule has 1 aliphatic heterocycles. The Hall–Kier alpha value is -4.72. The smallest absolute Gasteiger partial charge is 0.307 e. The first-order chi connectivity index (χ1) is 18.4. The number of carboxylic acids is 1. The normalized spacial score (nSPS) is 12.5. The molecule has 192 valence electrons. The van der Waals surface area contributed by atoms with Crippen LogP contribution in [-0.2, 0) is 17.6 Å². The maximum atomic E-state index is 13.3. The van der Waals surface area contributed by atoms with Gasteiger partial charge in [0.05, 0.1) is 24.3 Å². The minimum absolute atomic E-state index is 0.0133. The fourth-order valence-corrected chi connectivity index (χ4v) is 4.58. The molecule has 1 N–H and O–H groups in total. The van der Waals surface area contributed by atoms with Crippen LogP contribution in [0.2, 0.25) is 0 Å². The van der Waals surface area contributed by atoms with Crippen molar-refractivity contribution in [1.29, 1.82) is 0 Å². The monoisotopic (exact) mass is 508 g/mol. The Labute approximate surface area is 221 Å². The number of aliphatic carboxylic acids is 1. The summed E-state index contributed by atoms with van der Waals surface area (Å²) in [6.07, 6.45) is 4.13. The number of carbonyl (C=O) groups is 2. The Bertz CT molecular complexity index is 1470. The van der Waals surface area contributed by atoms with Crippen molar-refractivity contribution in [3.8, 4) is 16.9 Å². The van der Waals surface area contributed by atoms with Crippen LogP contribution in [0.25, 0.3) is 11.1 Å². The number of ether oxygens (including phenoxy) is 1. The summed E-state index contributed by atoms with van der Waals surface area (Å²) in [5, 5.41) is 8.93. The molecule has 2 aromatic carbocycles. The number of hydrogen-bond donors (Lipinski definition) is 1. The first kappa shape index (κ1) is 25.0. The number of pyridine rings is 2. The average Bonchev–Trinajstić information content (AvgIpc) is 3.02. The van der Waals surface area contributed by atoms with E-state index in [1.165, 1.54) is 0 Å². The number of fused-ring (bicyclic) bond motifs is 2. The van der Waals surface area contributed by atoms with Gasteiger partial charge in [-0.15, -0.1) is 0 Å². The van der Waals surface area contributed by atoms with Crippen molar-refractivity contribution in [1.82, 2.24) is 9.97 Å². The second-order valence-electron chi connectivity index (χ2n) is 9.06. The van der Waals surface area contributed by atoms with E-state index in [1.807, 2.05) is 78.6 Å². The van der Waals surface area contributed by atoms with Crippen LogP contribution >= 0.6 is 0 Å². The maximum Gasteiger partial charge on any atom is 0.307 e. The van der Waals surface area contributed by atoms with E-state index in [4.69, 9.17) is 9.84 Å². The summed E-state index contributed by atoms with van der Waals surface area (Å²) in [5.74, 6) is 1.11. The van der Waals surface area contributed by atoms with Crippen LogP contribution in [0, 0.1) is 0 Å². The van der Waals surface area contributed by atoms with Crippen molar-refractivity contribution >= 4 is 29.2 Å². The van der Waals surface area contributed by atoms with Crippen LogP contribution in [0.5, 0.6) is 5.75 Å². The second-order valence-corrected chi connectivity index (χ2v) is 9.06. The van der Waals surface area contributed by atoms with E-state index in [-0.39, 0.29) is 12.3 Å². The number of amides is 1. The van der Waals surface area contributed by atoms with E-state index in [2.05, 4.69) is 9.97 Å². The van der Waals surface area contributed by atoms with E-state index in [0.717, 1.165) is 33.7 Å². The number of nitrogens with zero attached hydrogens (tertiary/aromatic N) is 4. The van der Waals surface area contributed by atoms with E-state index in [0.29, 0.717) is 36.8 Å². The molecule has 2 aromatic heterocycles. The van der Waals surface area contributed by atoms with Gasteiger partial charge >= 0.3 is 5.97 Å². The van der Waals surface area contributed by atoms with Crippen LogP contribution < -0.4 is 14.5 Å². The van der Waals surface area contributed by atoms with Crippen LogP contribution in [-0.4, -0.2) is 47.2 Å². The number of rotatable bonds is 8. The molecular weight excluding hydrogens is 480 g/mol. The maximum absolute atomic E-state index is 13.3. The zero-order chi connectivity index (χ0) is 26.6. The highest BCUT2D eigenvalue weighted by Gasteiger charge is 2.30. The summed E-state index contributed by atoms with van der Waals surface area (Å²) in [5.41, 5.74) is 5.01. The molecule has 5 rings (SSSR count). The van der Waals surface area contributed by atoms with Gasteiger partial charge < -0.3 is 19.6 Å². The standard InChI is InChI=1S/C30H28N4O4/c1-3-34-28-25(30(37)33(2)26-5-4-15-31-29(26)34)17-21(19-32-28)14-16-38-24-12-10-23(11-13-24)22-8-6-20(7-9-22)18-27(35)36/h4-13,15,17,19H,3,14,16,18H2,1-2H3,(H,35,36). The Balaban J connectivity index is 1.25. The topological polar surface area (TPSA) is 95.9 Å². The number of anilines is 3. The van der Waals surface area contributed by atoms with Gasteiger partial charge in [-0.05, 0) is 59.5 Å². The molecular formula is C30H28N4O4. The van der Waals surface area contributed by atoms with Gasteiger partial charge in [-0.25, -0.2) is 9.97 Å². The van der Waals surface area contributed by atoms with Gasteiger partial charge in [0.2, 0.25) is 0 Å². The molecule has 38 heavy (non-hydrogen) atoms. The summed E-state index contributed by atoms with van der Waals surface area (Å²) in [6, 6.07) is 20.9. The van der Waals surface area contributed by atoms with Crippen molar-refractivity contribution in [3.63, 3.8) is 0 Å². The molecule has 1 aliphatic rings. The Morgan fingerprint density at radius 1 is 0.947 bits per heavy atom. The first-order valence-corrected chi connectivity index (χ1v) is 12.5. The van der Waals surface area contributed by atoms with Crippen LogP contribution in [0.3, 0.4) is 0 Å². The molecule has 0 spiro atoms. The number of hydrogen-bond acceptors (Lipinski definition) is 6. The van der Waals surface area contributed by atoms with Crippen molar-refractivity contribution < 1.29 is 19.4 Å². The van der Waals surface area contributed by atoms with Gasteiger partial charge in [0.15, 0.2) is 5.82 Å². The lowest BCUT2D eigenvalue weighted by Gasteiger charge is -2.22. The fraction of sp³-hybridized carbons (Fsp3) is 0.200. The van der Waals surface area contributed by atoms with Crippen molar-refractivity contribution in [2.24, 2.45) is 0 Å². The van der Waals surface area contributed by atoms with Gasteiger partial charge in [-0.2, -0.15) is 0 Å². The van der Waals surface area contributed by atoms with Gasteiger partial charge in [-0.1, -0.05) is 36.4 Å². The Morgan fingerprint density at radius 3 is 2.34 bits per heavy atom. The third-order valence-corrected chi connectivity index (χ3v) is 6.57. The van der Waals surface area contributed by atoms with E-state index < -0.39 is 5.97 Å². The molecule has 0 bridgehead atoms. The van der Waals surface area contributed by atoms with Crippen LogP contribution in [0.1, 0.15) is 28.4 Å². The molecule has 8 nitrogen and oxygen atoms in total. The summed E-state index contributed by atoms with van der Waals surface area (Å²) < 4.78 is 5.96. The Kier molecular flexibility index (Phi) is 7.04. The number of aromatic nitrogens is 2. The third-order valence-electron chi connectivity index (χ3n) is 6.57. The summed E-state index contributed by atoms with van der Waals surface area (Å²) in [6.45, 7) is 3.09.